The van der Waals surface area contributed by atoms with Gasteiger partial charge in [0.1, 0.15) is 0 Å². The van der Waals surface area contributed by atoms with Crippen LogP contribution in [0.3, 0.4) is 0 Å². The Kier molecular flexibility index (Phi) is 3.90. The average molecular weight is 238 g/mol. The minimum Gasteiger partial charge on any atom is -0.0837 e. The fourth-order valence-corrected chi connectivity index (χ4v) is 1.32. The first-order valence-electron chi connectivity index (χ1n) is 4.10. The van der Waals surface area contributed by atoms with Gasteiger partial charge in [0.25, 0.3) is 0 Å². The summed E-state index contributed by atoms with van der Waals surface area (Å²) in [5.74, 6) is 0. The van der Waals surface area contributed by atoms with Crippen molar-refractivity contribution in [3.8, 4) is 0 Å². The molecule has 0 amide bonds. The van der Waals surface area contributed by atoms with Crippen LogP contribution in [0.4, 0.5) is 0 Å². The fourth-order valence-electron chi connectivity index (χ4n) is 1.04. The van der Waals surface area contributed by atoms with Crippen molar-refractivity contribution in [1.29, 1.82) is 0 Å². The zero-order chi connectivity index (χ0) is 9.90. The van der Waals surface area contributed by atoms with E-state index in [4.69, 9.17) is 34.8 Å². The monoisotopic (exact) mass is 236 g/mol. The number of halogens is 3. The maximum absolute atomic E-state index is 5.65. The molecule has 13 heavy (non-hydrogen) atoms. The number of hydrogen-bond donors (Lipinski definition) is 0. The topological polar surface area (TPSA) is 0 Å². The van der Waals surface area contributed by atoms with Gasteiger partial charge in [0, 0.05) is 0 Å². The van der Waals surface area contributed by atoms with Crippen LogP contribution >= 0.6 is 34.8 Å². The SMILES string of the molecule is Cc1ccc(CCC(Cl)(Cl)Cl)cc1. The highest BCUT2D eigenvalue weighted by Gasteiger charge is 2.18. The summed E-state index contributed by atoms with van der Waals surface area (Å²) < 4.78 is -1.13. The summed E-state index contributed by atoms with van der Waals surface area (Å²) in [6.07, 6.45) is 1.36. The highest BCUT2D eigenvalue weighted by molar-refractivity contribution is 6.67. The molecule has 0 aliphatic heterocycles. The lowest BCUT2D eigenvalue weighted by Crippen LogP contribution is -2.03. The van der Waals surface area contributed by atoms with Gasteiger partial charge in [-0.15, -0.1) is 0 Å². The van der Waals surface area contributed by atoms with E-state index in [1.807, 2.05) is 0 Å². The lowest BCUT2D eigenvalue weighted by molar-refractivity contribution is 0.851. The van der Waals surface area contributed by atoms with Gasteiger partial charge in [0.15, 0.2) is 3.79 Å². The molecule has 0 spiro atoms. The second-order valence-corrected chi connectivity index (χ2v) is 5.62. The van der Waals surface area contributed by atoms with Crippen molar-refractivity contribution in [3.63, 3.8) is 0 Å². The van der Waals surface area contributed by atoms with E-state index < -0.39 is 3.79 Å². The Morgan fingerprint density at radius 1 is 1.08 bits per heavy atom. The Labute approximate surface area is 93.8 Å². The van der Waals surface area contributed by atoms with E-state index in [2.05, 4.69) is 31.2 Å². The molecule has 0 heterocycles. The minimum absolute atomic E-state index is 0.556. The molecule has 0 aromatic heterocycles. The van der Waals surface area contributed by atoms with Crippen LogP contribution in [-0.2, 0) is 6.42 Å². The smallest absolute Gasteiger partial charge is 0.0837 e. The zero-order valence-electron chi connectivity index (χ0n) is 7.36. The van der Waals surface area contributed by atoms with Crippen molar-refractivity contribution in [3.05, 3.63) is 35.4 Å². The van der Waals surface area contributed by atoms with E-state index in [1.54, 1.807) is 0 Å². The predicted molar refractivity (Wildman–Crippen MR) is 59.8 cm³/mol. The molecule has 0 nitrogen and oxygen atoms in total. The van der Waals surface area contributed by atoms with Crippen LogP contribution in [0, 0.1) is 6.92 Å². The maximum Gasteiger partial charge on any atom is 0.190 e. The van der Waals surface area contributed by atoms with Crippen molar-refractivity contribution < 1.29 is 0 Å². The number of rotatable bonds is 2. The molecule has 0 radical (unpaired) electrons. The lowest BCUT2D eigenvalue weighted by atomic mass is 10.1. The van der Waals surface area contributed by atoms with E-state index in [0.29, 0.717) is 6.42 Å². The molecule has 0 saturated heterocycles. The van der Waals surface area contributed by atoms with Crippen LogP contribution in [-0.4, -0.2) is 3.79 Å². The summed E-state index contributed by atoms with van der Waals surface area (Å²) in [5.41, 5.74) is 2.45. The molecule has 0 aliphatic carbocycles. The van der Waals surface area contributed by atoms with Gasteiger partial charge in [-0.2, -0.15) is 0 Å². The summed E-state index contributed by atoms with van der Waals surface area (Å²) in [6, 6.07) is 8.25. The largest absolute Gasteiger partial charge is 0.190 e. The summed E-state index contributed by atoms with van der Waals surface area (Å²) in [6.45, 7) is 2.05. The van der Waals surface area contributed by atoms with Crippen molar-refractivity contribution in [2.45, 2.75) is 23.6 Å². The van der Waals surface area contributed by atoms with Crippen molar-refractivity contribution in [2.24, 2.45) is 0 Å². The molecule has 1 aromatic carbocycles. The molecule has 0 fully saturated rings. The summed E-state index contributed by atoms with van der Waals surface area (Å²) >= 11 is 16.9. The third kappa shape index (κ3) is 4.75. The molecule has 72 valence electrons. The van der Waals surface area contributed by atoms with Gasteiger partial charge >= 0.3 is 0 Å². The van der Waals surface area contributed by atoms with E-state index in [9.17, 15) is 0 Å². The van der Waals surface area contributed by atoms with Gasteiger partial charge in [-0.3, -0.25) is 0 Å². The van der Waals surface area contributed by atoms with Gasteiger partial charge in [0.05, 0.1) is 0 Å². The second kappa shape index (κ2) is 4.54. The molecule has 0 aliphatic rings. The number of aryl methyl sites for hydroxylation is 2. The maximum atomic E-state index is 5.65. The Bertz CT molecular complexity index is 258. The highest BCUT2D eigenvalue weighted by atomic mass is 35.6. The molecular weight excluding hydrogens is 226 g/mol. The van der Waals surface area contributed by atoms with E-state index >= 15 is 0 Å². The van der Waals surface area contributed by atoms with E-state index in [-0.39, 0.29) is 0 Å². The van der Waals surface area contributed by atoms with Gasteiger partial charge in [-0.05, 0) is 25.3 Å². The molecule has 0 N–H and O–H groups in total. The minimum atomic E-state index is -1.13. The Balaban J connectivity index is 2.51. The van der Waals surface area contributed by atoms with Gasteiger partial charge in [0.2, 0.25) is 0 Å². The number of alkyl halides is 3. The first-order valence-corrected chi connectivity index (χ1v) is 5.23. The molecular formula is C10H11Cl3. The van der Waals surface area contributed by atoms with Crippen molar-refractivity contribution >= 4 is 34.8 Å². The predicted octanol–water partition coefficient (Wildman–Crippen LogP) is 4.30. The molecule has 0 bridgehead atoms. The van der Waals surface area contributed by atoms with Gasteiger partial charge in [-0.25, -0.2) is 0 Å². The first-order chi connectivity index (χ1) is 5.97. The van der Waals surface area contributed by atoms with Crippen LogP contribution in [0.1, 0.15) is 17.5 Å². The molecule has 3 heteroatoms. The molecule has 1 aromatic rings. The van der Waals surface area contributed by atoms with Crippen LogP contribution in [0.5, 0.6) is 0 Å². The summed E-state index contributed by atoms with van der Waals surface area (Å²) in [4.78, 5) is 0. The lowest BCUT2D eigenvalue weighted by Gasteiger charge is -2.09. The van der Waals surface area contributed by atoms with Crippen molar-refractivity contribution in [1.82, 2.24) is 0 Å². The van der Waals surface area contributed by atoms with Crippen LogP contribution in [0.2, 0.25) is 0 Å². The summed E-state index contributed by atoms with van der Waals surface area (Å²) in [5, 5.41) is 0. The number of hydrogen-bond acceptors (Lipinski definition) is 0. The Hall–Kier alpha value is 0.0900. The molecule has 0 saturated carbocycles. The van der Waals surface area contributed by atoms with Crippen LogP contribution in [0.25, 0.3) is 0 Å². The first kappa shape index (κ1) is 11.2. The second-order valence-electron chi connectivity index (χ2n) is 3.10. The average Bonchev–Trinajstić information content (AvgIpc) is 2.02. The van der Waals surface area contributed by atoms with Crippen LogP contribution in [0.15, 0.2) is 24.3 Å². The van der Waals surface area contributed by atoms with Gasteiger partial charge in [-0.1, -0.05) is 64.6 Å². The quantitative estimate of drug-likeness (QED) is 0.673. The zero-order valence-corrected chi connectivity index (χ0v) is 9.63. The Morgan fingerprint density at radius 3 is 2.08 bits per heavy atom. The fraction of sp³-hybridized carbons (Fsp3) is 0.400. The molecule has 0 unspecified atom stereocenters. The van der Waals surface area contributed by atoms with E-state index in [1.165, 1.54) is 11.1 Å². The molecule has 0 atom stereocenters. The van der Waals surface area contributed by atoms with Crippen LogP contribution < -0.4 is 0 Å². The van der Waals surface area contributed by atoms with E-state index in [0.717, 1.165) is 6.42 Å². The molecule has 1 rings (SSSR count). The normalized spacial score (nSPS) is 11.7. The standard InChI is InChI=1S/C10H11Cl3/c1-8-2-4-9(5-3-8)6-7-10(11,12)13/h2-5H,6-7H2,1H3. The Morgan fingerprint density at radius 2 is 1.62 bits per heavy atom. The third-order valence-corrected chi connectivity index (χ3v) is 2.38. The van der Waals surface area contributed by atoms with Crippen molar-refractivity contribution in [2.75, 3.05) is 0 Å². The highest BCUT2D eigenvalue weighted by Crippen LogP contribution is 2.31. The number of benzene rings is 1. The third-order valence-electron chi connectivity index (χ3n) is 1.82. The van der Waals surface area contributed by atoms with Gasteiger partial charge < -0.3 is 0 Å². The summed E-state index contributed by atoms with van der Waals surface area (Å²) in [7, 11) is 0.